The highest BCUT2D eigenvalue weighted by Gasteiger charge is 2.30. The second kappa shape index (κ2) is 8.42. The van der Waals surface area contributed by atoms with Gasteiger partial charge in [-0.05, 0) is 25.8 Å². The second-order valence-corrected chi connectivity index (χ2v) is 8.08. The maximum Gasteiger partial charge on any atom is 0.228 e. The molecule has 166 valence electrons. The number of H-pyrrole nitrogens is 2. The van der Waals surface area contributed by atoms with Crippen molar-refractivity contribution in [2.75, 3.05) is 35.3 Å². The number of aromatic amines is 2. The molecule has 11 nitrogen and oxygen atoms in total. The van der Waals surface area contributed by atoms with Crippen molar-refractivity contribution in [2.45, 2.75) is 25.8 Å². The first-order chi connectivity index (χ1) is 15.6. The number of anilines is 4. The van der Waals surface area contributed by atoms with Crippen molar-refractivity contribution in [1.82, 2.24) is 25.4 Å². The lowest BCUT2D eigenvalue weighted by atomic mass is 10.1. The number of rotatable bonds is 7. The van der Waals surface area contributed by atoms with Crippen LogP contribution in [-0.2, 0) is 9.53 Å². The molecule has 1 aliphatic heterocycles. The molecule has 4 heterocycles. The maximum absolute atomic E-state index is 12.1. The summed E-state index contributed by atoms with van der Waals surface area (Å²) in [6.45, 7) is 4.05. The Morgan fingerprint density at radius 2 is 2.22 bits per heavy atom. The van der Waals surface area contributed by atoms with E-state index < -0.39 is 0 Å². The molecule has 0 bridgehead atoms. The van der Waals surface area contributed by atoms with Crippen LogP contribution in [0.3, 0.4) is 0 Å². The van der Waals surface area contributed by atoms with Gasteiger partial charge in [0, 0.05) is 41.9 Å². The van der Waals surface area contributed by atoms with E-state index in [1.54, 1.807) is 18.3 Å². The average Bonchev–Trinajstić information content (AvgIpc) is 3.34. The summed E-state index contributed by atoms with van der Waals surface area (Å²) < 4.78 is 5.58. The van der Waals surface area contributed by atoms with Gasteiger partial charge >= 0.3 is 0 Å². The fraction of sp³-hybridized carbons (Fsp3) is 0.381. The van der Waals surface area contributed by atoms with Crippen molar-refractivity contribution in [3.63, 3.8) is 0 Å². The number of aromatic nitrogens is 5. The number of amides is 1. The lowest BCUT2D eigenvalue weighted by molar-refractivity contribution is -0.117. The molecule has 1 amide bonds. The van der Waals surface area contributed by atoms with Crippen LogP contribution in [0.5, 0.6) is 0 Å². The predicted octanol–water partition coefficient (Wildman–Crippen LogP) is 2.51. The van der Waals surface area contributed by atoms with Crippen LogP contribution in [0.15, 0.2) is 24.4 Å². The number of hydrogen-bond acceptors (Lipinski definition) is 8. The van der Waals surface area contributed by atoms with E-state index in [1.807, 2.05) is 6.07 Å². The Morgan fingerprint density at radius 1 is 1.34 bits per heavy atom. The standard InChI is InChI=1S/C21H25N9O2/c1-12-11-32-7-6-30(12)19-8-14(15(10-22)20(26-19)24-17-4-5-23-28-17)16-9-18(29-27-16)25-21(31)13-2-3-13/h4-5,8-10,12-13,22H,2-3,6-7,11H2,1H3,(H2,23,24,26,28)(H2,25,27,29,31)/t12-/m1/s1. The van der Waals surface area contributed by atoms with Gasteiger partial charge in [0.25, 0.3) is 0 Å². The van der Waals surface area contributed by atoms with E-state index in [1.165, 1.54) is 6.21 Å². The molecule has 3 aromatic heterocycles. The summed E-state index contributed by atoms with van der Waals surface area (Å²) >= 11 is 0. The van der Waals surface area contributed by atoms with Crippen LogP contribution in [0.1, 0.15) is 25.3 Å². The molecular weight excluding hydrogens is 410 g/mol. The highest BCUT2D eigenvalue weighted by molar-refractivity contribution is 5.97. The van der Waals surface area contributed by atoms with E-state index in [0.717, 1.165) is 24.2 Å². The van der Waals surface area contributed by atoms with Gasteiger partial charge in [-0.1, -0.05) is 0 Å². The number of carbonyl (C=O) groups excluding carboxylic acids is 1. The molecule has 0 radical (unpaired) electrons. The first kappa shape index (κ1) is 20.2. The van der Waals surface area contributed by atoms with Gasteiger partial charge < -0.3 is 25.7 Å². The van der Waals surface area contributed by atoms with Gasteiger partial charge in [-0.2, -0.15) is 10.2 Å². The molecule has 1 saturated carbocycles. The molecule has 3 aromatic rings. The third kappa shape index (κ3) is 4.06. The van der Waals surface area contributed by atoms with Gasteiger partial charge in [-0.15, -0.1) is 0 Å². The molecule has 5 N–H and O–H groups in total. The van der Waals surface area contributed by atoms with Crippen LogP contribution in [0.4, 0.5) is 23.3 Å². The van der Waals surface area contributed by atoms with Crippen LogP contribution < -0.4 is 15.5 Å². The third-order valence-corrected chi connectivity index (χ3v) is 5.67. The number of hydrogen-bond donors (Lipinski definition) is 5. The predicted molar refractivity (Wildman–Crippen MR) is 121 cm³/mol. The van der Waals surface area contributed by atoms with Crippen LogP contribution in [0.2, 0.25) is 0 Å². The molecule has 2 fully saturated rings. The monoisotopic (exact) mass is 435 g/mol. The van der Waals surface area contributed by atoms with E-state index >= 15 is 0 Å². The number of pyridine rings is 1. The average molecular weight is 435 g/mol. The Morgan fingerprint density at radius 3 is 2.94 bits per heavy atom. The molecule has 0 unspecified atom stereocenters. The Balaban J connectivity index is 1.55. The van der Waals surface area contributed by atoms with Crippen molar-refractivity contribution in [3.8, 4) is 11.3 Å². The molecule has 5 rings (SSSR count). The summed E-state index contributed by atoms with van der Waals surface area (Å²) in [6.07, 6.45) is 4.76. The van der Waals surface area contributed by atoms with E-state index in [4.69, 9.17) is 15.1 Å². The zero-order chi connectivity index (χ0) is 22.1. The summed E-state index contributed by atoms with van der Waals surface area (Å²) in [4.78, 5) is 19.1. The quantitative estimate of drug-likeness (QED) is 0.358. The van der Waals surface area contributed by atoms with Gasteiger partial charge in [0.1, 0.15) is 17.5 Å². The minimum atomic E-state index is -0.00510. The molecule has 1 atom stereocenters. The number of nitrogens with one attached hydrogen (secondary N) is 5. The van der Waals surface area contributed by atoms with E-state index in [2.05, 4.69) is 42.9 Å². The van der Waals surface area contributed by atoms with Crippen molar-refractivity contribution in [2.24, 2.45) is 5.92 Å². The first-order valence-electron chi connectivity index (χ1n) is 10.7. The van der Waals surface area contributed by atoms with Gasteiger partial charge in [-0.3, -0.25) is 15.0 Å². The van der Waals surface area contributed by atoms with Crippen molar-refractivity contribution in [1.29, 1.82) is 5.41 Å². The van der Waals surface area contributed by atoms with Gasteiger partial charge in [0.2, 0.25) is 5.91 Å². The van der Waals surface area contributed by atoms with E-state index in [9.17, 15) is 4.79 Å². The summed E-state index contributed by atoms with van der Waals surface area (Å²) in [5.41, 5.74) is 2.03. The lowest BCUT2D eigenvalue weighted by Gasteiger charge is -2.35. The smallest absolute Gasteiger partial charge is 0.228 e. The third-order valence-electron chi connectivity index (χ3n) is 5.67. The molecule has 2 aliphatic rings. The topological polar surface area (TPSA) is 148 Å². The van der Waals surface area contributed by atoms with Crippen molar-refractivity contribution < 1.29 is 9.53 Å². The van der Waals surface area contributed by atoms with Crippen LogP contribution in [-0.4, -0.2) is 63.3 Å². The SMILES string of the molecule is C[C@@H]1COCCN1c1cc(-c2cc(NC(=O)C3CC3)n[nH]2)c(C=N)c(Nc2ccn[nH]2)n1. The van der Waals surface area contributed by atoms with E-state index in [-0.39, 0.29) is 17.9 Å². The van der Waals surface area contributed by atoms with Crippen LogP contribution in [0, 0.1) is 11.3 Å². The van der Waals surface area contributed by atoms with Gasteiger partial charge in [0.05, 0.1) is 31.1 Å². The molecular formula is C21H25N9O2. The number of carbonyl (C=O) groups is 1. The molecule has 11 heteroatoms. The normalized spacial score (nSPS) is 18.4. The van der Waals surface area contributed by atoms with E-state index in [0.29, 0.717) is 48.5 Å². The highest BCUT2D eigenvalue weighted by atomic mass is 16.5. The number of ether oxygens (including phenoxy) is 1. The fourth-order valence-corrected chi connectivity index (χ4v) is 3.77. The van der Waals surface area contributed by atoms with Crippen LogP contribution in [0.25, 0.3) is 11.3 Å². The minimum absolute atomic E-state index is 0.00510. The Kier molecular flexibility index (Phi) is 5.31. The fourth-order valence-electron chi connectivity index (χ4n) is 3.77. The number of morpholine rings is 1. The van der Waals surface area contributed by atoms with Crippen molar-refractivity contribution >= 4 is 35.4 Å². The van der Waals surface area contributed by atoms with Gasteiger partial charge in [0.15, 0.2) is 5.82 Å². The largest absolute Gasteiger partial charge is 0.377 e. The lowest BCUT2D eigenvalue weighted by Crippen LogP contribution is -2.44. The number of nitrogens with zero attached hydrogens (tertiary/aromatic N) is 4. The Bertz CT molecular complexity index is 1120. The molecule has 1 aliphatic carbocycles. The highest BCUT2D eigenvalue weighted by Crippen LogP contribution is 2.34. The summed E-state index contributed by atoms with van der Waals surface area (Å²) in [6, 6.07) is 5.68. The molecule has 0 spiro atoms. The zero-order valence-electron chi connectivity index (χ0n) is 17.7. The Hall–Kier alpha value is -3.73. The maximum atomic E-state index is 12.1. The first-order valence-corrected chi connectivity index (χ1v) is 10.7. The zero-order valence-corrected chi connectivity index (χ0v) is 17.7. The second-order valence-electron chi connectivity index (χ2n) is 8.08. The van der Waals surface area contributed by atoms with Crippen molar-refractivity contribution in [3.05, 3.63) is 30.0 Å². The summed E-state index contributed by atoms with van der Waals surface area (Å²) in [7, 11) is 0. The minimum Gasteiger partial charge on any atom is -0.377 e. The van der Waals surface area contributed by atoms with Gasteiger partial charge in [-0.25, -0.2) is 4.98 Å². The summed E-state index contributed by atoms with van der Waals surface area (Å²) in [5, 5.41) is 28.3. The molecule has 32 heavy (non-hydrogen) atoms. The molecule has 1 saturated heterocycles. The Labute approximate surface area is 184 Å². The van der Waals surface area contributed by atoms with Crippen LogP contribution >= 0.6 is 0 Å². The summed E-state index contributed by atoms with van der Waals surface area (Å²) in [5.74, 6) is 2.51. The molecule has 0 aromatic carbocycles.